The van der Waals surface area contributed by atoms with Gasteiger partial charge in [0.25, 0.3) is 0 Å². The third kappa shape index (κ3) is 5.00. The first kappa shape index (κ1) is 22.7. The molecule has 30 heavy (non-hydrogen) atoms. The van der Waals surface area contributed by atoms with E-state index in [0.29, 0.717) is 17.7 Å². The van der Waals surface area contributed by atoms with Gasteiger partial charge < -0.3 is 35.0 Å². The maximum atomic E-state index is 10.5. The number of hydrogen-bond donors (Lipinski definition) is 5. The second kappa shape index (κ2) is 9.87. The van der Waals surface area contributed by atoms with E-state index in [0.717, 1.165) is 17.5 Å². The SMILES string of the molecule is CCc1ccc(Cc2ccc(CO)cc2O[C@@H]2[C@@H](O)[C@H](O)[C@@H]([C@@H](C)O)O[C@H]2O)cc1. The van der Waals surface area contributed by atoms with Crippen LogP contribution in [0, 0.1) is 0 Å². The molecule has 1 aliphatic heterocycles. The van der Waals surface area contributed by atoms with Gasteiger partial charge in [0.2, 0.25) is 0 Å². The highest BCUT2D eigenvalue weighted by atomic mass is 16.7. The van der Waals surface area contributed by atoms with Crippen LogP contribution >= 0.6 is 0 Å². The molecule has 0 aromatic heterocycles. The van der Waals surface area contributed by atoms with Crippen molar-refractivity contribution in [3.8, 4) is 5.75 Å². The zero-order chi connectivity index (χ0) is 21.8. The van der Waals surface area contributed by atoms with Crippen LogP contribution in [0.1, 0.15) is 36.1 Å². The number of aliphatic hydroxyl groups excluding tert-OH is 5. The minimum atomic E-state index is -1.54. The molecule has 0 amide bonds. The molecule has 1 saturated heterocycles. The molecule has 5 N–H and O–H groups in total. The lowest BCUT2D eigenvalue weighted by Gasteiger charge is -2.41. The van der Waals surface area contributed by atoms with Crippen LogP contribution in [0.25, 0.3) is 0 Å². The molecule has 0 bridgehead atoms. The van der Waals surface area contributed by atoms with Crippen LogP contribution in [-0.4, -0.2) is 62.3 Å². The molecular weight excluding hydrogens is 388 g/mol. The summed E-state index contributed by atoms with van der Waals surface area (Å²) < 4.78 is 11.2. The molecule has 1 aliphatic rings. The molecule has 1 fully saturated rings. The number of aliphatic hydroxyl groups is 5. The molecule has 0 unspecified atom stereocenters. The fraction of sp³-hybridized carbons (Fsp3) is 0.478. The average Bonchev–Trinajstić information content (AvgIpc) is 2.75. The van der Waals surface area contributed by atoms with Crippen LogP contribution in [0.2, 0.25) is 0 Å². The normalized spacial score (nSPS) is 27.6. The summed E-state index contributed by atoms with van der Waals surface area (Å²) in [5.74, 6) is 0.371. The van der Waals surface area contributed by atoms with E-state index in [1.54, 1.807) is 12.1 Å². The van der Waals surface area contributed by atoms with Crippen molar-refractivity contribution in [3.05, 3.63) is 64.7 Å². The molecule has 2 aromatic rings. The van der Waals surface area contributed by atoms with Gasteiger partial charge in [-0.15, -0.1) is 0 Å². The van der Waals surface area contributed by atoms with E-state index in [-0.39, 0.29) is 6.61 Å². The highest BCUT2D eigenvalue weighted by Gasteiger charge is 2.47. The van der Waals surface area contributed by atoms with Gasteiger partial charge in [-0.2, -0.15) is 0 Å². The van der Waals surface area contributed by atoms with Crippen molar-refractivity contribution in [1.82, 2.24) is 0 Å². The molecule has 0 aliphatic carbocycles. The van der Waals surface area contributed by atoms with Crippen LogP contribution in [0.15, 0.2) is 42.5 Å². The van der Waals surface area contributed by atoms with Crippen molar-refractivity contribution in [1.29, 1.82) is 0 Å². The standard InChI is InChI=1S/C23H30O7/c1-3-14-4-6-15(7-5-14)10-17-9-8-16(12-24)11-18(17)29-22-20(27)19(26)21(13(2)25)30-23(22)28/h4-9,11,13,19-28H,3,10,12H2,1-2H3/t13-,19+,20+,21-,22-,23-/m1/s1. The topological polar surface area (TPSA) is 120 Å². The van der Waals surface area contributed by atoms with Crippen LogP contribution in [0.4, 0.5) is 0 Å². The Hall–Kier alpha value is -2.00. The van der Waals surface area contributed by atoms with Gasteiger partial charge in [0.1, 0.15) is 24.1 Å². The zero-order valence-corrected chi connectivity index (χ0v) is 17.2. The quantitative estimate of drug-likeness (QED) is 0.453. The number of ether oxygens (including phenoxy) is 2. The van der Waals surface area contributed by atoms with Crippen molar-refractivity contribution in [2.24, 2.45) is 0 Å². The van der Waals surface area contributed by atoms with Gasteiger partial charge in [-0.3, -0.25) is 0 Å². The smallest absolute Gasteiger partial charge is 0.195 e. The summed E-state index contributed by atoms with van der Waals surface area (Å²) >= 11 is 0. The Balaban J connectivity index is 1.85. The lowest BCUT2D eigenvalue weighted by molar-refractivity contribution is -0.289. The van der Waals surface area contributed by atoms with E-state index in [9.17, 15) is 25.5 Å². The monoisotopic (exact) mass is 418 g/mol. The number of benzene rings is 2. The Morgan fingerprint density at radius 1 is 0.967 bits per heavy atom. The third-order valence-electron chi connectivity index (χ3n) is 5.48. The minimum absolute atomic E-state index is 0.194. The van der Waals surface area contributed by atoms with Gasteiger partial charge in [0.15, 0.2) is 12.4 Å². The first-order chi connectivity index (χ1) is 14.3. The number of hydrogen-bond acceptors (Lipinski definition) is 7. The molecule has 0 radical (unpaired) electrons. The summed E-state index contributed by atoms with van der Waals surface area (Å²) in [4.78, 5) is 0. The summed E-state index contributed by atoms with van der Waals surface area (Å²) in [6, 6.07) is 13.4. The van der Waals surface area contributed by atoms with E-state index in [4.69, 9.17) is 9.47 Å². The average molecular weight is 418 g/mol. The second-order valence-corrected chi connectivity index (χ2v) is 7.74. The molecule has 1 heterocycles. The Morgan fingerprint density at radius 3 is 2.20 bits per heavy atom. The van der Waals surface area contributed by atoms with Crippen LogP contribution in [-0.2, 0) is 24.2 Å². The fourth-order valence-electron chi connectivity index (χ4n) is 3.62. The van der Waals surface area contributed by atoms with Crippen LogP contribution in [0.5, 0.6) is 5.75 Å². The lowest BCUT2D eigenvalue weighted by atomic mass is 9.95. The Labute approximate surface area is 176 Å². The Bertz CT molecular complexity index is 821. The molecule has 7 nitrogen and oxygen atoms in total. The Morgan fingerprint density at radius 2 is 1.60 bits per heavy atom. The maximum Gasteiger partial charge on any atom is 0.195 e. The van der Waals surface area contributed by atoms with Crippen molar-refractivity contribution in [2.45, 2.75) is 70.1 Å². The maximum absolute atomic E-state index is 10.5. The highest BCUT2D eigenvalue weighted by molar-refractivity contribution is 5.41. The lowest BCUT2D eigenvalue weighted by Crippen LogP contribution is -2.62. The molecule has 6 atom stereocenters. The minimum Gasteiger partial charge on any atom is -0.482 e. The highest BCUT2D eigenvalue weighted by Crippen LogP contribution is 2.30. The van der Waals surface area contributed by atoms with E-state index < -0.39 is 36.8 Å². The van der Waals surface area contributed by atoms with Gasteiger partial charge in [0, 0.05) is 6.42 Å². The molecule has 0 spiro atoms. The first-order valence-corrected chi connectivity index (χ1v) is 10.2. The van der Waals surface area contributed by atoms with Crippen LogP contribution < -0.4 is 4.74 Å². The number of rotatable bonds is 7. The van der Waals surface area contributed by atoms with Crippen LogP contribution in [0.3, 0.4) is 0 Å². The number of aryl methyl sites for hydroxylation is 1. The van der Waals surface area contributed by atoms with Crippen molar-refractivity contribution in [2.75, 3.05) is 0 Å². The molecule has 164 valence electrons. The Kier molecular flexibility index (Phi) is 7.46. The van der Waals surface area contributed by atoms with Gasteiger partial charge in [0.05, 0.1) is 12.7 Å². The second-order valence-electron chi connectivity index (χ2n) is 7.74. The summed E-state index contributed by atoms with van der Waals surface area (Å²) in [5, 5.41) is 50.3. The molecule has 0 saturated carbocycles. The zero-order valence-electron chi connectivity index (χ0n) is 17.2. The van der Waals surface area contributed by atoms with E-state index in [1.165, 1.54) is 12.5 Å². The molecule has 3 rings (SSSR count). The van der Waals surface area contributed by atoms with Crippen molar-refractivity contribution in [3.63, 3.8) is 0 Å². The van der Waals surface area contributed by atoms with E-state index >= 15 is 0 Å². The fourth-order valence-corrected chi connectivity index (χ4v) is 3.62. The summed E-state index contributed by atoms with van der Waals surface area (Å²) in [7, 11) is 0. The predicted octanol–water partition coefficient (Wildman–Crippen LogP) is 0.899. The van der Waals surface area contributed by atoms with Gasteiger partial charge >= 0.3 is 0 Å². The van der Waals surface area contributed by atoms with Crippen molar-refractivity contribution < 1.29 is 35.0 Å². The molecule has 2 aromatic carbocycles. The molecule has 7 heteroatoms. The van der Waals surface area contributed by atoms with E-state index in [2.05, 4.69) is 19.1 Å². The first-order valence-electron chi connectivity index (χ1n) is 10.2. The van der Waals surface area contributed by atoms with Gasteiger partial charge in [-0.05, 0) is 41.7 Å². The van der Waals surface area contributed by atoms with Gasteiger partial charge in [-0.25, -0.2) is 0 Å². The van der Waals surface area contributed by atoms with Gasteiger partial charge in [-0.1, -0.05) is 43.3 Å². The summed E-state index contributed by atoms with van der Waals surface area (Å²) in [5.41, 5.74) is 3.70. The largest absolute Gasteiger partial charge is 0.482 e. The predicted molar refractivity (Wildman–Crippen MR) is 110 cm³/mol. The summed E-state index contributed by atoms with van der Waals surface area (Å²) in [6.07, 6.45) is -6.41. The van der Waals surface area contributed by atoms with Crippen molar-refractivity contribution >= 4 is 0 Å². The third-order valence-corrected chi connectivity index (χ3v) is 5.48. The van der Waals surface area contributed by atoms with E-state index in [1.807, 2.05) is 18.2 Å². The summed E-state index contributed by atoms with van der Waals surface area (Å²) in [6.45, 7) is 3.30. The molecular formula is C23H30O7.